The third kappa shape index (κ3) is 3.25. The lowest BCUT2D eigenvalue weighted by atomic mass is 9.98. The second kappa shape index (κ2) is 6.14. The molecule has 0 fully saturated rings. The molecule has 1 aromatic carbocycles. The number of rotatable bonds is 5. The molecule has 0 heterocycles. The quantitative estimate of drug-likeness (QED) is 0.825. The minimum absolute atomic E-state index is 0.240. The van der Waals surface area contributed by atoms with Gasteiger partial charge < -0.3 is 10.5 Å². The monoisotopic (exact) mass is 218 g/mol. The Morgan fingerprint density at radius 3 is 2.75 bits per heavy atom. The van der Waals surface area contributed by atoms with Crippen LogP contribution < -0.4 is 10.5 Å². The molecule has 1 aromatic rings. The predicted molar refractivity (Wildman–Crippen MR) is 64.2 cm³/mol. The number of benzene rings is 1. The molecule has 2 atom stereocenters. The molecule has 2 unspecified atom stereocenters. The van der Waals surface area contributed by atoms with Crippen molar-refractivity contribution in [1.82, 2.24) is 0 Å². The molecule has 0 aromatic heterocycles. The third-order valence-electron chi connectivity index (χ3n) is 2.65. The van der Waals surface area contributed by atoms with Gasteiger partial charge in [0.1, 0.15) is 18.4 Å². The van der Waals surface area contributed by atoms with Crippen LogP contribution in [0.5, 0.6) is 5.75 Å². The fraction of sp³-hybridized carbons (Fsp3) is 0.462. The van der Waals surface area contributed by atoms with E-state index in [9.17, 15) is 0 Å². The molecular formula is C13H18N2O. The highest BCUT2D eigenvalue weighted by molar-refractivity contribution is 5.35. The molecule has 0 spiro atoms. The first-order valence-electron chi connectivity index (χ1n) is 5.56. The van der Waals surface area contributed by atoms with Crippen LogP contribution in [-0.4, -0.2) is 12.6 Å². The Morgan fingerprint density at radius 1 is 1.44 bits per heavy atom. The summed E-state index contributed by atoms with van der Waals surface area (Å²) in [5.41, 5.74) is 6.67. The van der Waals surface area contributed by atoms with E-state index in [2.05, 4.69) is 19.9 Å². The summed E-state index contributed by atoms with van der Waals surface area (Å²) >= 11 is 0. The summed E-state index contributed by atoms with van der Waals surface area (Å²) in [6.45, 7) is 4.54. The lowest BCUT2D eigenvalue weighted by Crippen LogP contribution is -2.25. The van der Waals surface area contributed by atoms with Crippen molar-refractivity contribution in [2.75, 3.05) is 6.61 Å². The predicted octanol–water partition coefficient (Wildman–Crippen LogP) is 2.43. The van der Waals surface area contributed by atoms with E-state index in [-0.39, 0.29) is 6.61 Å². The van der Waals surface area contributed by atoms with Crippen LogP contribution in [0.2, 0.25) is 0 Å². The molecule has 0 amide bonds. The standard InChI is InChI=1S/C13H18N2O/c1-3-10(2)12-6-4-5-7-13(12)16-9-11(15)8-14/h4-7,10-11H,3,9,15H2,1-2H3. The molecule has 16 heavy (non-hydrogen) atoms. The summed E-state index contributed by atoms with van der Waals surface area (Å²) in [4.78, 5) is 0. The Kier molecular flexibility index (Phi) is 4.81. The summed E-state index contributed by atoms with van der Waals surface area (Å²) in [7, 11) is 0. The van der Waals surface area contributed by atoms with Crippen LogP contribution in [0.1, 0.15) is 31.7 Å². The Labute approximate surface area is 96.8 Å². The van der Waals surface area contributed by atoms with Gasteiger partial charge in [0.25, 0.3) is 0 Å². The first kappa shape index (κ1) is 12.5. The van der Waals surface area contributed by atoms with Crippen molar-refractivity contribution in [2.45, 2.75) is 32.2 Å². The Balaban J connectivity index is 2.76. The van der Waals surface area contributed by atoms with Gasteiger partial charge in [0.2, 0.25) is 0 Å². The third-order valence-corrected chi connectivity index (χ3v) is 2.65. The first-order chi connectivity index (χ1) is 7.69. The molecule has 2 N–H and O–H groups in total. The molecule has 0 saturated heterocycles. The molecule has 0 saturated carbocycles. The van der Waals surface area contributed by atoms with Gasteiger partial charge in [0.05, 0.1) is 6.07 Å². The molecule has 3 nitrogen and oxygen atoms in total. The Bertz CT molecular complexity index is 370. The van der Waals surface area contributed by atoms with Crippen LogP contribution in [0, 0.1) is 11.3 Å². The minimum atomic E-state index is -0.565. The summed E-state index contributed by atoms with van der Waals surface area (Å²) in [6.07, 6.45) is 1.06. The van der Waals surface area contributed by atoms with E-state index in [1.165, 1.54) is 5.56 Å². The SMILES string of the molecule is CCC(C)c1ccccc1OCC(N)C#N. The molecular weight excluding hydrogens is 200 g/mol. The normalized spacial score (nSPS) is 13.9. The number of ether oxygens (including phenoxy) is 1. The number of nitrogens with zero attached hydrogens (tertiary/aromatic N) is 1. The second-order valence-corrected chi connectivity index (χ2v) is 3.89. The lowest BCUT2D eigenvalue weighted by Gasteiger charge is -2.16. The highest BCUT2D eigenvalue weighted by Crippen LogP contribution is 2.28. The van der Waals surface area contributed by atoms with Gasteiger partial charge in [-0.1, -0.05) is 32.0 Å². The van der Waals surface area contributed by atoms with Gasteiger partial charge in [-0.2, -0.15) is 5.26 Å². The number of hydrogen-bond acceptors (Lipinski definition) is 3. The van der Waals surface area contributed by atoms with Crippen LogP contribution in [0.4, 0.5) is 0 Å². The van der Waals surface area contributed by atoms with E-state index in [0.717, 1.165) is 12.2 Å². The largest absolute Gasteiger partial charge is 0.491 e. The fourth-order valence-electron chi connectivity index (χ4n) is 1.46. The highest BCUT2D eigenvalue weighted by Gasteiger charge is 2.10. The van der Waals surface area contributed by atoms with Crippen LogP contribution in [-0.2, 0) is 0 Å². The van der Waals surface area contributed by atoms with Gasteiger partial charge in [-0.15, -0.1) is 0 Å². The molecule has 0 bridgehead atoms. The number of nitrogens with two attached hydrogens (primary N) is 1. The maximum atomic E-state index is 8.58. The molecule has 0 aliphatic heterocycles. The van der Waals surface area contributed by atoms with Crippen molar-refractivity contribution in [2.24, 2.45) is 5.73 Å². The van der Waals surface area contributed by atoms with Crippen molar-refractivity contribution < 1.29 is 4.74 Å². The average molecular weight is 218 g/mol. The first-order valence-corrected chi connectivity index (χ1v) is 5.56. The van der Waals surface area contributed by atoms with Gasteiger partial charge in [0.15, 0.2) is 0 Å². The fourth-order valence-corrected chi connectivity index (χ4v) is 1.46. The summed E-state index contributed by atoms with van der Waals surface area (Å²) in [5, 5.41) is 8.58. The van der Waals surface area contributed by atoms with Crippen LogP contribution in [0.3, 0.4) is 0 Å². The van der Waals surface area contributed by atoms with Crippen molar-refractivity contribution in [3.8, 4) is 11.8 Å². The number of nitriles is 1. The van der Waals surface area contributed by atoms with Gasteiger partial charge >= 0.3 is 0 Å². The van der Waals surface area contributed by atoms with Crippen molar-refractivity contribution in [3.05, 3.63) is 29.8 Å². The summed E-state index contributed by atoms with van der Waals surface area (Å²) < 4.78 is 5.57. The average Bonchev–Trinajstić information content (AvgIpc) is 2.35. The van der Waals surface area contributed by atoms with Gasteiger partial charge in [-0.05, 0) is 24.0 Å². The zero-order valence-corrected chi connectivity index (χ0v) is 9.81. The van der Waals surface area contributed by atoms with E-state index < -0.39 is 6.04 Å². The summed E-state index contributed by atoms with van der Waals surface area (Å²) in [5.74, 6) is 1.29. The van der Waals surface area contributed by atoms with E-state index in [1.807, 2.05) is 24.3 Å². The molecule has 3 heteroatoms. The van der Waals surface area contributed by atoms with Crippen LogP contribution >= 0.6 is 0 Å². The van der Waals surface area contributed by atoms with Gasteiger partial charge in [0, 0.05) is 0 Å². The second-order valence-electron chi connectivity index (χ2n) is 3.89. The van der Waals surface area contributed by atoms with Gasteiger partial charge in [-0.25, -0.2) is 0 Å². The lowest BCUT2D eigenvalue weighted by molar-refractivity contribution is 0.304. The maximum Gasteiger partial charge on any atom is 0.127 e. The van der Waals surface area contributed by atoms with Crippen LogP contribution in [0.25, 0.3) is 0 Å². The van der Waals surface area contributed by atoms with E-state index in [0.29, 0.717) is 5.92 Å². The van der Waals surface area contributed by atoms with E-state index in [1.54, 1.807) is 0 Å². The smallest absolute Gasteiger partial charge is 0.127 e. The number of hydrogen-bond donors (Lipinski definition) is 1. The highest BCUT2D eigenvalue weighted by atomic mass is 16.5. The van der Waals surface area contributed by atoms with E-state index in [4.69, 9.17) is 15.7 Å². The molecule has 0 radical (unpaired) electrons. The van der Waals surface area contributed by atoms with Crippen LogP contribution in [0.15, 0.2) is 24.3 Å². The molecule has 0 aliphatic carbocycles. The Morgan fingerprint density at radius 2 is 2.12 bits per heavy atom. The minimum Gasteiger partial charge on any atom is -0.491 e. The zero-order chi connectivity index (χ0) is 12.0. The van der Waals surface area contributed by atoms with E-state index >= 15 is 0 Å². The zero-order valence-electron chi connectivity index (χ0n) is 9.81. The van der Waals surface area contributed by atoms with Gasteiger partial charge in [-0.3, -0.25) is 0 Å². The van der Waals surface area contributed by atoms with Crippen molar-refractivity contribution in [1.29, 1.82) is 5.26 Å². The molecule has 1 rings (SSSR count). The van der Waals surface area contributed by atoms with Crippen molar-refractivity contribution in [3.63, 3.8) is 0 Å². The molecule has 86 valence electrons. The molecule has 0 aliphatic rings. The topological polar surface area (TPSA) is 59.0 Å². The maximum absolute atomic E-state index is 8.58. The summed E-state index contributed by atoms with van der Waals surface area (Å²) in [6, 6.07) is 9.29. The number of para-hydroxylation sites is 1. The Hall–Kier alpha value is -1.53. The van der Waals surface area contributed by atoms with Crippen molar-refractivity contribution >= 4 is 0 Å².